The van der Waals surface area contributed by atoms with Gasteiger partial charge in [0.15, 0.2) is 0 Å². The number of amides is 1. The maximum atomic E-state index is 12.5. The predicted octanol–water partition coefficient (Wildman–Crippen LogP) is 3.34. The van der Waals surface area contributed by atoms with Crippen LogP contribution in [-0.4, -0.2) is 36.8 Å². The zero-order chi connectivity index (χ0) is 18.1. The summed E-state index contributed by atoms with van der Waals surface area (Å²) >= 11 is 1.55. The second kappa shape index (κ2) is 6.80. The monoisotopic (exact) mass is 371 g/mol. The van der Waals surface area contributed by atoms with Crippen LogP contribution in [0.1, 0.15) is 18.2 Å². The van der Waals surface area contributed by atoms with E-state index in [9.17, 15) is 4.79 Å². The van der Waals surface area contributed by atoms with Crippen LogP contribution in [0.3, 0.4) is 0 Å². The molecule has 3 heterocycles. The van der Waals surface area contributed by atoms with Gasteiger partial charge in [-0.3, -0.25) is 4.79 Å². The molecule has 134 valence electrons. The number of ether oxygens (including phenoxy) is 2. The number of aromatic nitrogens is 2. The summed E-state index contributed by atoms with van der Waals surface area (Å²) in [6, 6.07) is 9.27. The predicted molar refractivity (Wildman–Crippen MR) is 96.9 cm³/mol. The van der Waals surface area contributed by atoms with E-state index in [2.05, 4.69) is 10.1 Å². The lowest BCUT2D eigenvalue weighted by molar-refractivity contribution is -0.117. The Balaban J connectivity index is 1.58. The summed E-state index contributed by atoms with van der Waals surface area (Å²) in [5, 5.41) is 6.00. The van der Waals surface area contributed by atoms with Crippen LogP contribution in [0.15, 0.2) is 40.2 Å². The normalized spacial score (nSPS) is 16.9. The highest BCUT2D eigenvalue weighted by Crippen LogP contribution is 2.35. The number of carbonyl (C=O) groups excluding carboxylic acids is 1. The Bertz CT molecular complexity index is 900. The van der Waals surface area contributed by atoms with Crippen molar-refractivity contribution in [2.75, 3.05) is 25.7 Å². The van der Waals surface area contributed by atoms with Crippen LogP contribution < -0.4 is 14.4 Å². The van der Waals surface area contributed by atoms with E-state index in [1.807, 2.05) is 29.6 Å². The number of thiophene rings is 1. The lowest BCUT2D eigenvalue weighted by Crippen LogP contribution is -2.24. The first-order valence-corrected chi connectivity index (χ1v) is 8.97. The molecule has 7 nitrogen and oxygen atoms in total. The van der Waals surface area contributed by atoms with E-state index in [1.54, 1.807) is 36.5 Å². The topological polar surface area (TPSA) is 77.7 Å². The Labute approximate surface area is 154 Å². The molecule has 26 heavy (non-hydrogen) atoms. The molecule has 0 radical (unpaired) electrons. The summed E-state index contributed by atoms with van der Waals surface area (Å²) in [4.78, 5) is 19.7. The van der Waals surface area contributed by atoms with Gasteiger partial charge in [0.25, 0.3) is 0 Å². The van der Waals surface area contributed by atoms with Gasteiger partial charge in [0.2, 0.25) is 17.6 Å². The van der Waals surface area contributed by atoms with Crippen LogP contribution in [0.25, 0.3) is 10.7 Å². The third kappa shape index (κ3) is 3.03. The Morgan fingerprint density at radius 3 is 2.65 bits per heavy atom. The van der Waals surface area contributed by atoms with Gasteiger partial charge in [-0.05, 0) is 11.4 Å². The zero-order valence-electron chi connectivity index (χ0n) is 14.3. The quantitative estimate of drug-likeness (QED) is 0.685. The number of hydrogen-bond acceptors (Lipinski definition) is 7. The van der Waals surface area contributed by atoms with E-state index in [1.165, 1.54) is 0 Å². The number of nitrogens with zero attached hydrogens (tertiary/aromatic N) is 3. The molecule has 1 saturated heterocycles. The molecule has 1 atom stereocenters. The van der Waals surface area contributed by atoms with Gasteiger partial charge in [-0.1, -0.05) is 11.2 Å². The van der Waals surface area contributed by atoms with Gasteiger partial charge < -0.3 is 18.9 Å². The molecule has 0 saturated carbocycles. The fourth-order valence-electron chi connectivity index (χ4n) is 2.98. The minimum Gasteiger partial charge on any atom is -0.497 e. The average molecular weight is 371 g/mol. The molecule has 1 aliphatic rings. The zero-order valence-corrected chi connectivity index (χ0v) is 15.2. The van der Waals surface area contributed by atoms with Gasteiger partial charge in [-0.25, -0.2) is 0 Å². The van der Waals surface area contributed by atoms with E-state index < -0.39 is 0 Å². The van der Waals surface area contributed by atoms with Crippen LogP contribution in [-0.2, 0) is 4.79 Å². The van der Waals surface area contributed by atoms with Crippen molar-refractivity contribution in [1.29, 1.82) is 0 Å². The van der Waals surface area contributed by atoms with Crippen LogP contribution in [0, 0.1) is 0 Å². The number of anilines is 1. The molecule has 1 fully saturated rings. The summed E-state index contributed by atoms with van der Waals surface area (Å²) in [5.41, 5.74) is 0.728. The Hall–Kier alpha value is -2.87. The molecule has 0 spiro atoms. The molecule has 0 N–H and O–H groups in total. The number of methoxy groups -OCH3 is 2. The van der Waals surface area contributed by atoms with Gasteiger partial charge >= 0.3 is 0 Å². The summed E-state index contributed by atoms with van der Waals surface area (Å²) in [6.07, 6.45) is 0.325. The minimum atomic E-state index is -0.138. The van der Waals surface area contributed by atoms with Crippen molar-refractivity contribution in [2.45, 2.75) is 12.3 Å². The molecule has 0 aliphatic carbocycles. The first-order chi connectivity index (χ1) is 12.7. The average Bonchev–Trinajstić information content (AvgIpc) is 3.40. The Morgan fingerprint density at radius 2 is 2.00 bits per heavy atom. The molecule has 8 heteroatoms. The summed E-state index contributed by atoms with van der Waals surface area (Å²) in [6.45, 7) is 0.473. The third-order valence-corrected chi connectivity index (χ3v) is 5.17. The molecule has 2 aromatic heterocycles. The summed E-state index contributed by atoms with van der Waals surface area (Å²) in [7, 11) is 3.16. The first kappa shape index (κ1) is 16.6. The molecule has 1 aromatic carbocycles. The minimum absolute atomic E-state index is 0.00109. The van der Waals surface area contributed by atoms with E-state index in [4.69, 9.17) is 14.0 Å². The van der Waals surface area contributed by atoms with Gasteiger partial charge in [0, 0.05) is 31.2 Å². The molecular formula is C18H17N3O4S. The second-order valence-electron chi connectivity index (χ2n) is 5.91. The van der Waals surface area contributed by atoms with Crippen molar-refractivity contribution in [3.05, 3.63) is 41.6 Å². The largest absolute Gasteiger partial charge is 0.497 e. The highest BCUT2D eigenvalue weighted by Gasteiger charge is 2.35. The third-order valence-electron chi connectivity index (χ3n) is 4.31. The number of benzene rings is 1. The smallest absolute Gasteiger partial charge is 0.232 e. The standard InChI is InChI=1S/C18H17N3O4S/c1-23-13-7-12(8-14(9-13)24-2)21-10-11(6-16(21)22)18-19-17(20-25-18)15-4-3-5-26-15/h3-5,7-9,11H,6,10H2,1-2H3. The maximum absolute atomic E-state index is 12.5. The first-order valence-electron chi connectivity index (χ1n) is 8.09. The Kier molecular flexibility index (Phi) is 4.34. The molecule has 4 rings (SSSR count). The Morgan fingerprint density at radius 1 is 1.23 bits per heavy atom. The fourth-order valence-corrected chi connectivity index (χ4v) is 3.63. The molecule has 1 unspecified atom stereocenters. The molecule has 1 aliphatic heterocycles. The van der Waals surface area contributed by atoms with Crippen molar-refractivity contribution < 1.29 is 18.8 Å². The summed E-state index contributed by atoms with van der Waals surface area (Å²) < 4.78 is 16.0. The van der Waals surface area contributed by atoms with Crippen molar-refractivity contribution in [1.82, 2.24) is 10.1 Å². The van der Waals surface area contributed by atoms with E-state index in [0.717, 1.165) is 10.6 Å². The highest BCUT2D eigenvalue weighted by atomic mass is 32.1. The van der Waals surface area contributed by atoms with Gasteiger partial charge in [-0.15, -0.1) is 11.3 Å². The maximum Gasteiger partial charge on any atom is 0.232 e. The number of carbonyl (C=O) groups is 1. The van der Waals surface area contributed by atoms with Gasteiger partial charge in [-0.2, -0.15) is 4.98 Å². The summed E-state index contributed by atoms with van der Waals surface area (Å²) in [5.74, 6) is 2.17. The molecule has 0 bridgehead atoms. The van der Waals surface area contributed by atoms with E-state index in [0.29, 0.717) is 36.2 Å². The number of hydrogen-bond donors (Lipinski definition) is 0. The molecule has 3 aromatic rings. The van der Waals surface area contributed by atoms with Crippen molar-refractivity contribution >= 4 is 22.9 Å². The van der Waals surface area contributed by atoms with Crippen molar-refractivity contribution in [3.8, 4) is 22.2 Å². The lowest BCUT2D eigenvalue weighted by atomic mass is 10.1. The van der Waals surface area contributed by atoms with E-state index >= 15 is 0 Å². The lowest BCUT2D eigenvalue weighted by Gasteiger charge is -2.18. The highest BCUT2D eigenvalue weighted by molar-refractivity contribution is 7.13. The second-order valence-corrected chi connectivity index (χ2v) is 6.86. The fraction of sp³-hybridized carbons (Fsp3) is 0.278. The molecular weight excluding hydrogens is 354 g/mol. The van der Waals surface area contributed by atoms with E-state index in [-0.39, 0.29) is 11.8 Å². The van der Waals surface area contributed by atoms with Crippen LogP contribution in [0.2, 0.25) is 0 Å². The van der Waals surface area contributed by atoms with Gasteiger partial charge in [0.05, 0.1) is 30.7 Å². The SMILES string of the molecule is COc1cc(OC)cc(N2CC(c3nc(-c4cccs4)no3)CC2=O)c1. The molecule has 1 amide bonds. The van der Waals surface area contributed by atoms with Crippen LogP contribution in [0.4, 0.5) is 5.69 Å². The van der Waals surface area contributed by atoms with Crippen LogP contribution >= 0.6 is 11.3 Å². The van der Waals surface area contributed by atoms with Crippen molar-refractivity contribution in [3.63, 3.8) is 0 Å². The van der Waals surface area contributed by atoms with Crippen LogP contribution in [0.5, 0.6) is 11.5 Å². The van der Waals surface area contributed by atoms with Crippen molar-refractivity contribution in [2.24, 2.45) is 0 Å². The van der Waals surface area contributed by atoms with Gasteiger partial charge in [0.1, 0.15) is 11.5 Å². The number of rotatable bonds is 5.